The number of morpholine rings is 1. The Morgan fingerprint density at radius 1 is 1.00 bits per heavy atom. The first-order valence-electron chi connectivity index (χ1n) is 14.1. The second-order valence-corrected chi connectivity index (χ2v) is 11.0. The van der Waals surface area contributed by atoms with Crippen LogP contribution in [0.15, 0.2) is 30.3 Å². The van der Waals surface area contributed by atoms with E-state index in [1.165, 1.54) is 16.7 Å². The molecule has 0 aromatic heterocycles. The van der Waals surface area contributed by atoms with Crippen LogP contribution in [0.25, 0.3) is 0 Å². The summed E-state index contributed by atoms with van der Waals surface area (Å²) in [6.07, 6.45) is -10.3. The molecule has 43 heavy (non-hydrogen) atoms. The van der Waals surface area contributed by atoms with Crippen LogP contribution >= 0.6 is 0 Å². The summed E-state index contributed by atoms with van der Waals surface area (Å²) in [6, 6.07) is 6.03. The molecule has 0 N–H and O–H groups in total. The summed E-state index contributed by atoms with van der Waals surface area (Å²) in [5.41, 5.74) is -2.20. The third-order valence-electron chi connectivity index (χ3n) is 7.67. The Morgan fingerprint density at radius 2 is 1.60 bits per heavy atom. The van der Waals surface area contributed by atoms with Gasteiger partial charge in [-0.15, -0.1) is 0 Å². The van der Waals surface area contributed by atoms with Gasteiger partial charge in [-0.2, -0.15) is 26.3 Å². The monoisotopic (exact) mass is 615 g/mol. The summed E-state index contributed by atoms with van der Waals surface area (Å²) >= 11 is 0. The van der Waals surface area contributed by atoms with E-state index in [1.807, 2.05) is 12.1 Å². The minimum atomic E-state index is -5.02. The Balaban J connectivity index is 1.80. The van der Waals surface area contributed by atoms with Crippen LogP contribution in [0.4, 0.5) is 42.5 Å². The number of rotatable bonds is 5. The number of halogens is 6. The maximum Gasteiger partial charge on any atom is 0.416 e. The quantitative estimate of drug-likeness (QED) is 0.336. The van der Waals surface area contributed by atoms with Crippen LogP contribution in [0.5, 0.6) is 0 Å². The number of carbonyl (C=O) groups excluding carboxylic acids is 2. The predicted octanol–water partition coefficient (Wildman–Crippen LogP) is 7.10. The molecule has 1 saturated heterocycles. The number of alkyl halides is 6. The van der Waals surface area contributed by atoms with Crippen molar-refractivity contribution in [2.45, 2.75) is 71.6 Å². The van der Waals surface area contributed by atoms with Crippen molar-refractivity contribution >= 4 is 23.4 Å². The molecule has 2 aromatic rings. The highest BCUT2D eigenvalue weighted by atomic mass is 19.4. The summed E-state index contributed by atoms with van der Waals surface area (Å²) in [5, 5.41) is 0. The van der Waals surface area contributed by atoms with E-state index >= 15 is 0 Å². The van der Waals surface area contributed by atoms with Crippen molar-refractivity contribution in [2.75, 3.05) is 42.6 Å². The van der Waals surface area contributed by atoms with Crippen molar-refractivity contribution in [2.24, 2.45) is 0 Å². The van der Waals surface area contributed by atoms with E-state index in [0.717, 1.165) is 12.6 Å². The Hall–Kier alpha value is -3.48. The molecule has 2 aliphatic heterocycles. The predicted molar refractivity (Wildman–Crippen MR) is 148 cm³/mol. The van der Waals surface area contributed by atoms with Crippen LogP contribution < -0.4 is 9.80 Å². The molecule has 4 rings (SSSR count). The Bertz CT molecular complexity index is 1300. The SMILES string of the molecule is CC(=O)N(Cc1cc(C(F)(F)F)c(C)c(C(F)(F)F)c1)C1CCCN(C(=O)OC(C)C)c2cc(N3CCOCC3)ccc21. The van der Waals surface area contributed by atoms with Crippen molar-refractivity contribution in [3.8, 4) is 0 Å². The summed E-state index contributed by atoms with van der Waals surface area (Å²) in [6.45, 7) is 7.48. The molecular formula is C30H35F6N3O4. The topological polar surface area (TPSA) is 62.3 Å². The number of hydrogen-bond acceptors (Lipinski definition) is 5. The Labute approximate surface area is 246 Å². The van der Waals surface area contributed by atoms with Gasteiger partial charge in [-0.1, -0.05) is 6.07 Å². The zero-order chi connectivity index (χ0) is 31.7. The molecule has 7 nitrogen and oxygen atoms in total. The molecule has 236 valence electrons. The summed E-state index contributed by atoms with van der Waals surface area (Å²) in [7, 11) is 0. The fraction of sp³-hybridized carbons (Fsp3) is 0.533. The number of hydrogen-bond donors (Lipinski definition) is 0. The number of ether oxygens (including phenoxy) is 2. The van der Waals surface area contributed by atoms with E-state index in [2.05, 4.69) is 4.90 Å². The molecule has 0 aliphatic carbocycles. The molecule has 2 aliphatic rings. The highest BCUT2D eigenvalue weighted by molar-refractivity contribution is 5.90. The van der Waals surface area contributed by atoms with Gasteiger partial charge in [0.25, 0.3) is 0 Å². The van der Waals surface area contributed by atoms with E-state index in [1.54, 1.807) is 19.9 Å². The average molecular weight is 616 g/mol. The largest absolute Gasteiger partial charge is 0.446 e. The molecule has 0 radical (unpaired) electrons. The number of fused-ring (bicyclic) bond motifs is 1. The van der Waals surface area contributed by atoms with Crippen LogP contribution in [0.2, 0.25) is 0 Å². The molecule has 1 fully saturated rings. The first-order chi connectivity index (χ1) is 20.1. The third kappa shape index (κ3) is 7.36. The van der Waals surface area contributed by atoms with Gasteiger partial charge in [0.15, 0.2) is 0 Å². The average Bonchev–Trinajstić information content (AvgIpc) is 3.10. The number of carbonyl (C=O) groups is 2. The highest BCUT2D eigenvalue weighted by Gasteiger charge is 2.40. The summed E-state index contributed by atoms with van der Waals surface area (Å²) in [5.74, 6) is -0.533. The van der Waals surface area contributed by atoms with Gasteiger partial charge in [0.05, 0.1) is 42.2 Å². The first-order valence-corrected chi connectivity index (χ1v) is 14.1. The van der Waals surface area contributed by atoms with Crippen LogP contribution in [-0.4, -0.2) is 55.9 Å². The van der Waals surface area contributed by atoms with Crippen molar-refractivity contribution in [3.05, 3.63) is 58.1 Å². The second-order valence-electron chi connectivity index (χ2n) is 11.0. The van der Waals surface area contributed by atoms with Crippen LogP contribution in [-0.2, 0) is 33.2 Å². The lowest BCUT2D eigenvalue weighted by Crippen LogP contribution is -2.37. The number of nitrogens with zero attached hydrogens (tertiary/aromatic N) is 3. The van der Waals surface area contributed by atoms with E-state index in [9.17, 15) is 35.9 Å². The number of benzene rings is 2. The van der Waals surface area contributed by atoms with Gasteiger partial charge in [-0.3, -0.25) is 9.69 Å². The Kier molecular flexibility index (Phi) is 9.53. The van der Waals surface area contributed by atoms with Gasteiger partial charge in [-0.05, 0) is 74.6 Å². The maximum atomic E-state index is 13.8. The van der Waals surface area contributed by atoms with Crippen molar-refractivity contribution in [1.29, 1.82) is 0 Å². The molecule has 0 bridgehead atoms. The summed E-state index contributed by atoms with van der Waals surface area (Å²) in [4.78, 5) is 31.1. The van der Waals surface area contributed by atoms with Crippen LogP contribution in [0.3, 0.4) is 0 Å². The molecule has 1 atom stereocenters. The highest BCUT2D eigenvalue weighted by Crippen LogP contribution is 2.43. The smallest absolute Gasteiger partial charge is 0.416 e. The standard InChI is InChI=1S/C30H35F6N3O4/c1-18(2)43-28(41)38-9-5-6-26(23-8-7-22(16-27(23)38)37-10-12-42-13-11-37)39(20(4)40)17-21-14-24(29(31,32)33)19(3)25(15-21)30(34,35)36/h7-8,14-16,18,26H,5-6,9-13,17H2,1-4H3. The normalized spacial score (nSPS) is 17.9. The third-order valence-corrected chi connectivity index (χ3v) is 7.67. The zero-order valence-electron chi connectivity index (χ0n) is 24.4. The van der Waals surface area contributed by atoms with Crippen molar-refractivity contribution < 1.29 is 45.4 Å². The van der Waals surface area contributed by atoms with E-state index in [0.29, 0.717) is 62.5 Å². The maximum absolute atomic E-state index is 13.8. The van der Waals surface area contributed by atoms with E-state index < -0.39 is 59.7 Å². The van der Waals surface area contributed by atoms with Gasteiger partial charge >= 0.3 is 18.4 Å². The molecule has 2 aromatic carbocycles. The van der Waals surface area contributed by atoms with Crippen LogP contribution in [0, 0.1) is 6.92 Å². The molecule has 2 amide bonds. The zero-order valence-corrected chi connectivity index (χ0v) is 24.4. The first kappa shape index (κ1) is 32.4. The molecule has 0 saturated carbocycles. The molecule has 0 spiro atoms. The van der Waals surface area contributed by atoms with Gasteiger partial charge in [0.2, 0.25) is 5.91 Å². The van der Waals surface area contributed by atoms with Gasteiger partial charge in [-0.25, -0.2) is 4.79 Å². The lowest BCUT2D eigenvalue weighted by Gasteiger charge is -2.34. The fourth-order valence-corrected chi connectivity index (χ4v) is 5.66. The number of amides is 2. The minimum Gasteiger partial charge on any atom is -0.446 e. The summed E-state index contributed by atoms with van der Waals surface area (Å²) < 4.78 is 93.7. The Morgan fingerprint density at radius 3 is 2.14 bits per heavy atom. The van der Waals surface area contributed by atoms with E-state index in [4.69, 9.17) is 9.47 Å². The lowest BCUT2D eigenvalue weighted by atomic mass is 9.95. The minimum absolute atomic E-state index is 0.244. The molecule has 1 unspecified atom stereocenters. The van der Waals surface area contributed by atoms with Crippen molar-refractivity contribution in [1.82, 2.24) is 4.90 Å². The molecule has 13 heteroatoms. The molecule has 2 heterocycles. The fourth-order valence-electron chi connectivity index (χ4n) is 5.66. The van der Waals surface area contributed by atoms with Crippen LogP contribution in [0.1, 0.15) is 67.5 Å². The van der Waals surface area contributed by atoms with Gasteiger partial charge in [0.1, 0.15) is 0 Å². The van der Waals surface area contributed by atoms with Gasteiger partial charge < -0.3 is 19.3 Å². The molecular weight excluding hydrogens is 580 g/mol. The van der Waals surface area contributed by atoms with Crippen molar-refractivity contribution in [3.63, 3.8) is 0 Å². The van der Waals surface area contributed by atoms with E-state index in [-0.39, 0.29) is 12.1 Å². The van der Waals surface area contributed by atoms with Gasteiger partial charge in [0, 0.05) is 38.8 Å². The second kappa shape index (κ2) is 12.6. The number of anilines is 2. The lowest BCUT2D eigenvalue weighted by molar-refractivity contribution is -0.144.